The molecule has 0 saturated carbocycles. The van der Waals surface area contributed by atoms with Gasteiger partial charge in [0.25, 0.3) is 0 Å². The van der Waals surface area contributed by atoms with Crippen LogP contribution in [0.1, 0.15) is 18.6 Å². The molecular weight excluding hydrogens is 207 g/mol. The molecule has 2 atom stereocenters. The van der Waals surface area contributed by atoms with Crippen molar-refractivity contribution in [2.24, 2.45) is 12.8 Å². The summed E-state index contributed by atoms with van der Waals surface area (Å²) in [5.41, 5.74) is 6.71. The predicted molar refractivity (Wildman–Crippen MR) is 61.5 cm³/mol. The smallest absolute Gasteiger partial charge is 0.129 e. The number of fused-ring (bicyclic) bond motifs is 1. The Kier molecular flexibility index (Phi) is 2.69. The van der Waals surface area contributed by atoms with E-state index in [1.807, 2.05) is 23.9 Å². The van der Waals surface area contributed by atoms with E-state index < -0.39 is 18.0 Å². The maximum absolute atomic E-state index is 13.7. The number of nitrogens with zero attached hydrogens (tertiary/aromatic N) is 1. The van der Waals surface area contributed by atoms with Crippen LogP contribution in [0.4, 0.5) is 4.39 Å². The first-order chi connectivity index (χ1) is 7.50. The van der Waals surface area contributed by atoms with Crippen molar-refractivity contribution < 1.29 is 9.50 Å². The Hall–Kier alpha value is -1.39. The van der Waals surface area contributed by atoms with E-state index in [-0.39, 0.29) is 5.56 Å². The van der Waals surface area contributed by atoms with Gasteiger partial charge in [0.1, 0.15) is 5.82 Å². The fourth-order valence-electron chi connectivity index (χ4n) is 1.81. The van der Waals surface area contributed by atoms with Crippen molar-refractivity contribution in [1.29, 1.82) is 0 Å². The second-order valence-electron chi connectivity index (χ2n) is 4.16. The van der Waals surface area contributed by atoms with Crippen LogP contribution in [0.15, 0.2) is 24.4 Å². The molecule has 86 valence electrons. The molecule has 3 N–H and O–H groups in total. The Morgan fingerprint density at radius 2 is 2.12 bits per heavy atom. The molecule has 2 rings (SSSR count). The second kappa shape index (κ2) is 3.88. The van der Waals surface area contributed by atoms with Crippen molar-refractivity contribution in [1.82, 2.24) is 4.57 Å². The largest absolute Gasteiger partial charge is 0.387 e. The summed E-state index contributed by atoms with van der Waals surface area (Å²) in [6.45, 7) is 1.65. The van der Waals surface area contributed by atoms with Crippen molar-refractivity contribution in [2.45, 2.75) is 19.1 Å². The van der Waals surface area contributed by atoms with E-state index in [1.54, 1.807) is 13.0 Å². The molecule has 0 bridgehead atoms. The molecule has 4 heteroatoms. The fourth-order valence-corrected chi connectivity index (χ4v) is 1.81. The molecule has 0 aliphatic rings. The third kappa shape index (κ3) is 1.70. The fraction of sp³-hybridized carbons (Fsp3) is 0.333. The number of hydrogen-bond donors (Lipinski definition) is 2. The molecule has 2 aromatic rings. The summed E-state index contributed by atoms with van der Waals surface area (Å²) in [7, 11) is 1.88. The third-order valence-corrected chi connectivity index (χ3v) is 2.82. The number of aromatic nitrogens is 1. The molecule has 1 heterocycles. The van der Waals surface area contributed by atoms with Crippen molar-refractivity contribution >= 4 is 10.9 Å². The van der Waals surface area contributed by atoms with Crippen molar-refractivity contribution in [3.05, 3.63) is 35.8 Å². The minimum atomic E-state index is -0.973. The molecule has 1 aromatic carbocycles. The van der Waals surface area contributed by atoms with E-state index in [0.717, 1.165) is 10.9 Å². The molecule has 1 aromatic heterocycles. The van der Waals surface area contributed by atoms with Gasteiger partial charge in [-0.15, -0.1) is 0 Å². The van der Waals surface area contributed by atoms with E-state index in [9.17, 15) is 9.50 Å². The van der Waals surface area contributed by atoms with Crippen LogP contribution in [0.3, 0.4) is 0 Å². The Morgan fingerprint density at radius 3 is 2.75 bits per heavy atom. The molecule has 0 aliphatic heterocycles. The summed E-state index contributed by atoms with van der Waals surface area (Å²) in [6, 6.07) is 4.42. The molecule has 0 fully saturated rings. The van der Waals surface area contributed by atoms with Crippen LogP contribution >= 0.6 is 0 Å². The number of hydrogen-bond acceptors (Lipinski definition) is 2. The monoisotopic (exact) mass is 222 g/mol. The van der Waals surface area contributed by atoms with Crippen LogP contribution < -0.4 is 5.73 Å². The van der Waals surface area contributed by atoms with E-state index in [4.69, 9.17) is 5.73 Å². The molecule has 0 aliphatic carbocycles. The predicted octanol–water partition coefficient (Wildman–Crippen LogP) is 1.70. The van der Waals surface area contributed by atoms with Gasteiger partial charge in [-0.3, -0.25) is 0 Å². The summed E-state index contributed by atoms with van der Waals surface area (Å²) in [5, 5.41) is 10.6. The first kappa shape index (κ1) is 11.1. The lowest BCUT2D eigenvalue weighted by atomic mass is 10.0. The summed E-state index contributed by atoms with van der Waals surface area (Å²) in [5.74, 6) is -0.413. The van der Waals surface area contributed by atoms with Crippen LogP contribution in [0, 0.1) is 5.82 Å². The Balaban J connectivity index is 2.61. The maximum atomic E-state index is 13.7. The zero-order valence-electron chi connectivity index (χ0n) is 9.31. The number of aryl methyl sites for hydroxylation is 1. The SMILES string of the molecule is CC(N)C(O)c1cc2c(ccn2C)cc1F. The molecular formula is C12H15FN2O. The zero-order chi connectivity index (χ0) is 11.9. The van der Waals surface area contributed by atoms with Crippen molar-refractivity contribution in [3.63, 3.8) is 0 Å². The first-order valence-electron chi connectivity index (χ1n) is 5.19. The molecule has 0 radical (unpaired) electrons. The summed E-state index contributed by atoms with van der Waals surface area (Å²) < 4.78 is 15.6. The molecule has 2 unspecified atom stereocenters. The topological polar surface area (TPSA) is 51.2 Å². The van der Waals surface area contributed by atoms with Gasteiger partial charge in [0, 0.05) is 35.8 Å². The van der Waals surface area contributed by atoms with E-state index in [0.29, 0.717) is 0 Å². The van der Waals surface area contributed by atoms with Gasteiger partial charge in [-0.1, -0.05) is 0 Å². The number of aliphatic hydroxyl groups is 1. The Morgan fingerprint density at radius 1 is 1.44 bits per heavy atom. The quantitative estimate of drug-likeness (QED) is 0.812. The van der Waals surface area contributed by atoms with Gasteiger partial charge in [0.2, 0.25) is 0 Å². The second-order valence-corrected chi connectivity index (χ2v) is 4.16. The van der Waals surface area contributed by atoms with Crippen LogP contribution in [-0.2, 0) is 7.05 Å². The van der Waals surface area contributed by atoms with Crippen LogP contribution in [0.5, 0.6) is 0 Å². The van der Waals surface area contributed by atoms with Crippen LogP contribution in [0.25, 0.3) is 10.9 Å². The molecule has 0 amide bonds. The van der Waals surface area contributed by atoms with Crippen molar-refractivity contribution in [3.8, 4) is 0 Å². The minimum Gasteiger partial charge on any atom is -0.387 e. The highest BCUT2D eigenvalue weighted by atomic mass is 19.1. The third-order valence-electron chi connectivity index (χ3n) is 2.82. The number of nitrogens with two attached hydrogens (primary N) is 1. The molecule has 16 heavy (non-hydrogen) atoms. The summed E-state index contributed by atoms with van der Waals surface area (Å²) in [6.07, 6.45) is 0.880. The Bertz CT molecular complexity index is 519. The van der Waals surface area contributed by atoms with E-state index in [1.165, 1.54) is 6.07 Å². The average Bonchev–Trinajstić information content (AvgIpc) is 2.57. The van der Waals surface area contributed by atoms with Gasteiger partial charge in [-0.25, -0.2) is 4.39 Å². The standard InChI is InChI=1S/C12H15FN2O/c1-7(14)12(16)9-6-11-8(5-10(9)13)3-4-15(11)2/h3-7,12,16H,14H2,1-2H3. The Labute approximate surface area is 93.3 Å². The maximum Gasteiger partial charge on any atom is 0.129 e. The van der Waals surface area contributed by atoms with E-state index in [2.05, 4.69) is 0 Å². The first-order valence-corrected chi connectivity index (χ1v) is 5.19. The summed E-state index contributed by atoms with van der Waals surface area (Å²) >= 11 is 0. The lowest BCUT2D eigenvalue weighted by Crippen LogP contribution is -2.25. The van der Waals surface area contributed by atoms with E-state index >= 15 is 0 Å². The van der Waals surface area contributed by atoms with Gasteiger partial charge >= 0.3 is 0 Å². The van der Waals surface area contributed by atoms with Crippen LogP contribution in [0.2, 0.25) is 0 Å². The number of halogens is 1. The molecule has 3 nitrogen and oxygen atoms in total. The number of aliphatic hydroxyl groups excluding tert-OH is 1. The highest BCUT2D eigenvalue weighted by Crippen LogP contribution is 2.25. The van der Waals surface area contributed by atoms with Gasteiger partial charge in [0.05, 0.1) is 6.10 Å². The van der Waals surface area contributed by atoms with Crippen molar-refractivity contribution in [2.75, 3.05) is 0 Å². The lowest BCUT2D eigenvalue weighted by Gasteiger charge is -2.16. The highest BCUT2D eigenvalue weighted by Gasteiger charge is 2.18. The highest BCUT2D eigenvalue weighted by molar-refractivity contribution is 5.81. The lowest BCUT2D eigenvalue weighted by molar-refractivity contribution is 0.149. The number of rotatable bonds is 2. The van der Waals surface area contributed by atoms with Gasteiger partial charge < -0.3 is 15.4 Å². The van der Waals surface area contributed by atoms with Gasteiger partial charge in [0.15, 0.2) is 0 Å². The van der Waals surface area contributed by atoms with Gasteiger partial charge in [-0.05, 0) is 25.1 Å². The zero-order valence-corrected chi connectivity index (χ0v) is 9.31. The van der Waals surface area contributed by atoms with Crippen LogP contribution in [-0.4, -0.2) is 15.7 Å². The average molecular weight is 222 g/mol. The minimum absolute atomic E-state index is 0.254. The summed E-state index contributed by atoms with van der Waals surface area (Å²) in [4.78, 5) is 0. The number of benzene rings is 1. The van der Waals surface area contributed by atoms with Gasteiger partial charge in [-0.2, -0.15) is 0 Å². The molecule has 0 spiro atoms. The molecule has 0 saturated heterocycles. The normalized spacial score (nSPS) is 15.3.